The van der Waals surface area contributed by atoms with Gasteiger partial charge in [0, 0.05) is 12.2 Å². The van der Waals surface area contributed by atoms with E-state index < -0.39 is 0 Å². The molecule has 1 N–H and O–H groups in total. The zero-order valence-corrected chi connectivity index (χ0v) is 18.3. The van der Waals surface area contributed by atoms with E-state index >= 15 is 0 Å². The molecule has 0 saturated carbocycles. The van der Waals surface area contributed by atoms with Crippen LogP contribution in [0.5, 0.6) is 5.75 Å². The van der Waals surface area contributed by atoms with Gasteiger partial charge in [-0.1, -0.05) is 20.8 Å². The topological polar surface area (TPSA) is 59.4 Å². The lowest BCUT2D eigenvalue weighted by Crippen LogP contribution is -2.27. The Bertz CT molecular complexity index is 980. The number of halogens is 1. The van der Waals surface area contributed by atoms with Crippen LogP contribution in [-0.2, 0) is 6.42 Å². The standard InChI is InChI=1S/C24H29FN4O2/c1-4-23-22(17-26-29(23)20-11-7-18(25)8-12-20)24(30)27-19-9-13-21(14-10-19)31-16-15-28(5-2)6-3/h7-14,17H,4-6,15-16H2,1-3H3,(H,27,30). The largest absolute Gasteiger partial charge is 0.492 e. The summed E-state index contributed by atoms with van der Waals surface area (Å²) in [6, 6.07) is 13.4. The zero-order chi connectivity index (χ0) is 22.2. The van der Waals surface area contributed by atoms with Crippen LogP contribution in [-0.4, -0.2) is 46.8 Å². The Labute approximate surface area is 182 Å². The summed E-state index contributed by atoms with van der Waals surface area (Å²) in [5.74, 6) is 0.219. The van der Waals surface area contributed by atoms with Gasteiger partial charge in [-0.05, 0) is 68.0 Å². The Kier molecular flexibility index (Phi) is 7.78. The van der Waals surface area contributed by atoms with Crippen LogP contribution < -0.4 is 10.1 Å². The molecule has 0 unspecified atom stereocenters. The minimum atomic E-state index is -0.313. The minimum absolute atomic E-state index is 0.236. The molecule has 0 saturated heterocycles. The van der Waals surface area contributed by atoms with Crippen molar-refractivity contribution in [3.05, 3.63) is 71.8 Å². The van der Waals surface area contributed by atoms with Crippen molar-refractivity contribution in [2.45, 2.75) is 27.2 Å². The van der Waals surface area contributed by atoms with Crippen LogP contribution in [0.2, 0.25) is 0 Å². The minimum Gasteiger partial charge on any atom is -0.492 e. The van der Waals surface area contributed by atoms with E-state index in [1.165, 1.54) is 12.1 Å². The van der Waals surface area contributed by atoms with E-state index in [-0.39, 0.29) is 11.7 Å². The number of likely N-dealkylation sites (N-methyl/N-ethyl adjacent to an activating group) is 1. The number of carbonyl (C=O) groups is 1. The molecule has 1 aromatic heterocycles. The normalized spacial score (nSPS) is 11.0. The van der Waals surface area contributed by atoms with Crippen LogP contribution in [0.15, 0.2) is 54.7 Å². The predicted octanol–water partition coefficient (Wildman–Crippen LogP) is 4.55. The Hall–Kier alpha value is -3.19. The van der Waals surface area contributed by atoms with Gasteiger partial charge >= 0.3 is 0 Å². The number of benzene rings is 2. The highest BCUT2D eigenvalue weighted by molar-refractivity contribution is 6.05. The second-order valence-corrected chi connectivity index (χ2v) is 7.10. The highest BCUT2D eigenvalue weighted by atomic mass is 19.1. The smallest absolute Gasteiger partial charge is 0.259 e. The predicted molar refractivity (Wildman–Crippen MR) is 121 cm³/mol. The third-order valence-electron chi connectivity index (χ3n) is 5.20. The number of nitrogens with one attached hydrogen (secondary N) is 1. The first-order valence-corrected chi connectivity index (χ1v) is 10.6. The summed E-state index contributed by atoms with van der Waals surface area (Å²) in [6.45, 7) is 9.73. The number of ether oxygens (including phenoxy) is 1. The second kappa shape index (κ2) is 10.7. The molecule has 6 nitrogen and oxygen atoms in total. The molecule has 31 heavy (non-hydrogen) atoms. The molecule has 3 aromatic rings. The average Bonchev–Trinajstić information content (AvgIpc) is 3.22. The summed E-state index contributed by atoms with van der Waals surface area (Å²) >= 11 is 0. The summed E-state index contributed by atoms with van der Waals surface area (Å²) in [7, 11) is 0. The number of rotatable bonds is 10. The number of amides is 1. The summed E-state index contributed by atoms with van der Waals surface area (Å²) in [4.78, 5) is 15.1. The molecule has 3 rings (SSSR count). The van der Waals surface area contributed by atoms with Gasteiger partial charge in [-0.2, -0.15) is 5.10 Å². The van der Waals surface area contributed by atoms with Crippen molar-refractivity contribution in [1.29, 1.82) is 0 Å². The first kappa shape index (κ1) is 22.5. The molecular weight excluding hydrogens is 395 g/mol. The van der Waals surface area contributed by atoms with Crippen molar-refractivity contribution >= 4 is 11.6 Å². The number of hydrogen-bond acceptors (Lipinski definition) is 4. The third-order valence-corrected chi connectivity index (χ3v) is 5.20. The quantitative estimate of drug-likeness (QED) is 0.519. The lowest BCUT2D eigenvalue weighted by atomic mass is 10.1. The van der Waals surface area contributed by atoms with Crippen LogP contribution in [0.1, 0.15) is 36.8 Å². The molecular formula is C24H29FN4O2. The molecule has 0 aliphatic carbocycles. The van der Waals surface area contributed by atoms with Gasteiger partial charge in [0.15, 0.2) is 0 Å². The molecule has 1 heterocycles. The van der Waals surface area contributed by atoms with Gasteiger partial charge in [0.2, 0.25) is 0 Å². The third kappa shape index (κ3) is 5.70. The van der Waals surface area contributed by atoms with Crippen molar-refractivity contribution in [1.82, 2.24) is 14.7 Å². The molecule has 7 heteroatoms. The molecule has 0 bridgehead atoms. The number of carbonyl (C=O) groups excluding carboxylic acids is 1. The van der Waals surface area contributed by atoms with Crippen LogP contribution >= 0.6 is 0 Å². The fourth-order valence-corrected chi connectivity index (χ4v) is 3.37. The van der Waals surface area contributed by atoms with E-state index in [1.807, 2.05) is 31.2 Å². The summed E-state index contributed by atoms with van der Waals surface area (Å²) in [6.07, 6.45) is 2.15. The fraction of sp³-hybridized carbons (Fsp3) is 0.333. The number of nitrogens with zero attached hydrogens (tertiary/aromatic N) is 3. The molecule has 0 aliphatic rings. The van der Waals surface area contributed by atoms with Crippen LogP contribution in [0, 0.1) is 5.82 Å². The van der Waals surface area contributed by atoms with Crippen LogP contribution in [0.3, 0.4) is 0 Å². The van der Waals surface area contributed by atoms with E-state index in [0.717, 1.165) is 31.1 Å². The van der Waals surface area contributed by atoms with E-state index in [0.29, 0.717) is 30.0 Å². The molecule has 2 aromatic carbocycles. The van der Waals surface area contributed by atoms with Crippen molar-refractivity contribution in [3.8, 4) is 11.4 Å². The maximum atomic E-state index is 13.2. The number of anilines is 1. The monoisotopic (exact) mass is 424 g/mol. The maximum Gasteiger partial charge on any atom is 0.259 e. The molecule has 0 aliphatic heterocycles. The Balaban J connectivity index is 1.64. The molecule has 1 amide bonds. The van der Waals surface area contributed by atoms with Crippen molar-refractivity contribution < 1.29 is 13.9 Å². The summed E-state index contributed by atoms with van der Waals surface area (Å²) in [5, 5.41) is 7.25. The van der Waals surface area contributed by atoms with Crippen molar-refractivity contribution in [2.24, 2.45) is 0 Å². The molecule has 0 radical (unpaired) electrons. The van der Waals surface area contributed by atoms with Gasteiger partial charge < -0.3 is 15.0 Å². The van der Waals surface area contributed by atoms with Gasteiger partial charge in [-0.3, -0.25) is 4.79 Å². The van der Waals surface area contributed by atoms with E-state index in [2.05, 4.69) is 29.2 Å². The zero-order valence-electron chi connectivity index (χ0n) is 18.3. The highest BCUT2D eigenvalue weighted by Gasteiger charge is 2.17. The van der Waals surface area contributed by atoms with Crippen LogP contribution in [0.4, 0.5) is 10.1 Å². The lowest BCUT2D eigenvalue weighted by Gasteiger charge is -2.18. The van der Waals surface area contributed by atoms with Gasteiger partial charge in [-0.25, -0.2) is 9.07 Å². The molecule has 164 valence electrons. The van der Waals surface area contributed by atoms with Gasteiger partial charge in [-0.15, -0.1) is 0 Å². The Morgan fingerprint density at radius 2 is 1.74 bits per heavy atom. The highest BCUT2D eigenvalue weighted by Crippen LogP contribution is 2.20. The van der Waals surface area contributed by atoms with Gasteiger partial charge in [0.05, 0.1) is 23.1 Å². The fourth-order valence-electron chi connectivity index (χ4n) is 3.37. The average molecular weight is 425 g/mol. The van der Waals surface area contributed by atoms with Gasteiger partial charge in [0.25, 0.3) is 5.91 Å². The Morgan fingerprint density at radius 3 is 2.35 bits per heavy atom. The van der Waals surface area contributed by atoms with Crippen LogP contribution in [0.25, 0.3) is 5.69 Å². The second-order valence-electron chi connectivity index (χ2n) is 7.10. The van der Waals surface area contributed by atoms with Gasteiger partial charge in [0.1, 0.15) is 18.2 Å². The SMILES string of the molecule is CCc1c(C(=O)Nc2ccc(OCCN(CC)CC)cc2)cnn1-c1ccc(F)cc1. The van der Waals surface area contributed by atoms with Crippen molar-refractivity contribution in [2.75, 3.05) is 31.6 Å². The van der Waals surface area contributed by atoms with E-state index in [9.17, 15) is 9.18 Å². The lowest BCUT2D eigenvalue weighted by molar-refractivity contribution is 0.102. The van der Waals surface area contributed by atoms with E-state index in [4.69, 9.17) is 4.74 Å². The number of hydrogen-bond donors (Lipinski definition) is 1. The van der Waals surface area contributed by atoms with Crippen molar-refractivity contribution in [3.63, 3.8) is 0 Å². The first-order valence-electron chi connectivity index (χ1n) is 10.6. The Morgan fingerprint density at radius 1 is 1.06 bits per heavy atom. The maximum absolute atomic E-state index is 13.2. The molecule has 0 spiro atoms. The van der Waals surface area contributed by atoms with E-state index in [1.54, 1.807) is 23.0 Å². The summed E-state index contributed by atoms with van der Waals surface area (Å²) < 4.78 is 20.7. The number of aromatic nitrogens is 2. The summed E-state index contributed by atoms with van der Waals surface area (Å²) in [5.41, 5.74) is 2.65. The molecule has 0 atom stereocenters. The molecule has 0 fully saturated rings. The first-order chi connectivity index (χ1) is 15.0.